The molecule has 18 heavy (non-hydrogen) atoms. The maximum Gasteiger partial charge on any atom is 0.387 e. The molecule has 1 aromatic carbocycles. The minimum absolute atomic E-state index is 0.0394. The summed E-state index contributed by atoms with van der Waals surface area (Å²) >= 11 is 0. The van der Waals surface area contributed by atoms with E-state index >= 15 is 0 Å². The average molecular weight is 254 g/mol. The molecule has 1 heterocycles. The topological polar surface area (TPSA) is 65.1 Å². The molecular formula is C11H12F2N4O. The lowest BCUT2D eigenvalue weighted by molar-refractivity contribution is -0.0493. The lowest BCUT2D eigenvalue weighted by Gasteiger charge is -2.11. The molecule has 5 nitrogen and oxygen atoms in total. The lowest BCUT2D eigenvalue weighted by atomic mass is 10.3. The van der Waals surface area contributed by atoms with Gasteiger partial charge in [-0.1, -0.05) is 12.1 Å². The number of para-hydroxylation sites is 2. The second-order valence-corrected chi connectivity index (χ2v) is 3.61. The predicted molar refractivity (Wildman–Crippen MR) is 64.0 cm³/mol. The third-order valence-corrected chi connectivity index (χ3v) is 2.21. The molecule has 0 radical (unpaired) electrons. The van der Waals surface area contributed by atoms with Gasteiger partial charge in [-0.05, 0) is 12.1 Å². The van der Waals surface area contributed by atoms with Crippen LogP contribution in [0.15, 0.2) is 30.5 Å². The van der Waals surface area contributed by atoms with Crippen LogP contribution >= 0.6 is 0 Å². The van der Waals surface area contributed by atoms with E-state index in [4.69, 9.17) is 5.73 Å². The minimum Gasteiger partial charge on any atom is -0.433 e. The Balaban J connectivity index is 2.26. The number of rotatable bonds is 4. The summed E-state index contributed by atoms with van der Waals surface area (Å²) in [4.78, 5) is 0. The molecule has 3 N–H and O–H groups in total. The van der Waals surface area contributed by atoms with Crippen LogP contribution in [0.1, 0.15) is 0 Å². The number of hydrogen-bond acceptors (Lipinski definition) is 4. The highest BCUT2D eigenvalue weighted by molar-refractivity contribution is 5.71. The highest BCUT2D eigenvalue weighted by Gasteiger charge is 2.11. The number of aromatic nitrogens is 2. The van der Waals surface area contributed by atoms with Crippen LogP contribution < -0.4 is 15.8 Å². The van der Waals surface area contributed by atoms with Crippen molar-refractivity contribution in [2.24, 2.45) is 7.05 Å². The molecule has 0 atom stereocenters. The van der Waals surface area contributed by atoms with Crippen LogP contribution in [0.3, 0.4) is 0 Å². The van der Waals surface area contributed by atoms with E-state index in [0.29, 0.717) is 17.2 Å². The summed E-state index contributed by atoms with van der Waals surface area (Å²) in [6.45, 7) is -2.88. The molecule has 2 rings (SSSR count). The van der Waals surface area contributed by atoms with E-state index in [1.807, 2.05) is 0 Å². The second-order valence-electron chi connectivity index (χ2n) is 3.61. The van der Waals surface area contributed by atoms with Crippen LogP contribution in [-0.2, 0) is 7.05 Å². The fourth-order valence-electron chi connectivity index (χ4n) is 1.50. The summed E-state index contributed by atoms with van der Waals surface area (Å²) in [6, 6.07) is 6.34. The van der Waals surface area contributed by atoms with Crippen molar-refractivity contribution < 1.29 is 13.5 Å². The minimum atomic E-state index is -2.88. The number of nitrogen functional groups attached to an aromatic ring is 1. The third kappa shape index (κ3) is 2.68. The smallest absolute Gasteiger partial charge is 0.387 e. The van der Waals surface area contributed by atoms with E-state index in [1.54, 1.807) is 31.4 Å². The van der Waals surface area contributed by atoms with E-state index in [-0.39, 0.29) is 5.75 Å². The predicted octanol–water partition coefficient (Wildman–Crippen LogP) is 2.35. The number of nitrogens with one attached hydrogen (secondary N) is 1. The van der Waals surface area contributed by atoms with Gasteiger partial charge >= 0.3 is 6.61 Å². The molecule has 0 spiro atoms. The Bertz CT molecular complexity index is 542. The molecular weight excluding hydrogens is 242 g/mol. The first kappa shape index (κ1) is 12.2. The summed E-state index contributed by atoms with van der Waals surface area (Å²) in [6.07, 6.45) is 1.61. The number of nitrogens with zero attached hydrogens (tertiary/aromatic N) is 2. The highest BCUT2D eigenvalue weighted by atomic mass is 19.3. The number of benzene rings is 1. The molecule has 0 aliphatic carbocycles. The first-order valence-electron chi connectivity index (χ1n) is 5.16. The number of aryl methyl sites for hydroxylation is 1. The van der Waals surface area contributed by atoms with Crippen molar-refractivity contribution >= 4 is 17.2 Å². The van der Waals surface area contributed by atoms with Gasteiger partial charge in [0, 0.05) is 13.2 Å². The summed E-state index contributed by atoms with van der Waals surface area (Å²) in [5, 5.41) is 6.91. The van der Waals surface area contributed by atoms with Gasteiger partial charge in [-0.3, -0.25) is 4.68 Å². The molecule has 0 aliphatic heterocycles. The van der Waals surface area contributed by atoms with E-state index in [2.05, 4.69) is 15.2 Å². The Morgan fingerprint density at radius 3 is 2.72 bits per heavy atom. The number of alkyl halides is 2. The first-order chi connectivity index (χ1) is 8.56. The second kappa shape index (κ2) is 4.91. The van der Waals surface area contributed by atoms with Crippen molar-refractivity contribution in [1.82, 2.24) is 9.78 Å². The van der Waals surface area contributed by atoms with Crippen LogP contribution in [0.25, 0.3) is 0 Å². The van der Waals surface area contributed by atoms with Crippen LogP contribution in [0, 0.1) is 0 Å². The Hall–Kier alpha value is -2.31. The summed E-state index contributed by atoms with van der Waals surface area (Å²) < 4.78 is 30.4. The fourth-order valence-corrected chi connectivity index (χ4v) is 1.50. The Morgan fingerprint density at radius 1 is 1.39 bits per heavy atom. The molecule has 0 unspecified atom stereocenters. The molecule has 0 aliphatic rings. The van der Waals surface area contributed by atoms with E-state index in [1.165, 1.54) is 10.7 Å². The zero-order valence-corrected chi connectivity index (χ0v) is 9.60. The van der Waals surface area contributed by atoms with Gasteiger partial charge in [0.05, 0.1) is 11.4 Å². The summed E-state index contributed by atoms with van der Waals surface area (Å²) in [7, 11) is 1.71. The van der Waals surface area contributed by atoms with Gasteiger partial charge < -0.3 is 15.8 Å². The maximum absolute atomic E-state index is 12.2. The summed E-state index contributed by atoms with van der Waals surface area (Å²) in [5.41, 5.74) is 6.50. The molecule has 0 bridgehead atoms. The van der Waals surface area contributed by atoms with Gasteiger partial charge in [-0.25, -0.2) is 0 Å². The summed E-state index contributed by atoms with van der Waals surface area (Å²) in [5.74, 6) is 0.431. The molecule has 0 fully saturated rings. The number of halogens is 2. The molecule has 0 amide bonds. The molecule has 96 valence electrons. The highest BCUT2D eigenvalue weighted by Crippen LogP contribution is 2.29. The third-order valence-electron chi connectivity index (χ3n) is 2.21. The fraction of sp³-hybridized carbons (Fsp3) is 0.182. The Labute approximate surface area is 102 Å². The SMILES string of the molecule is Cn1cc(N)c(Nc2ccccc2OC(F)F)n1. The van der Waals surface area contributed by atoms with Gasteiger partial charge in [-0.15, -0.1) is 0 Å². The van der Waals surface area contributed by atoms with Gasteiger partial charge in [0.15, 0.2) is 5.82 Å². The van der Waals surface area contributed by atoms with Crippen LogP contribution in [0.5, 0.6) is 5.75 Å². The van der Waals surface area contributed by atoms with Gasteiger partial charge in [0.25, 0.3) is 0 Å². The monoisotopic (exact) mass is 254 g/mol. The van der Waals surface area contributed by atoms with Crippen molar-refractivity contribution in [1.29, 1.82) is 0 Å². The quantitative estimate of drug-likeness (QED) is 0.879. The maximum atomic E-state index is 12.2. The van der Waals surface area contributed by atoms with Crippen molar-refractivity contribution in [3.63, 3.8) is 0 Å². The average Bonchev–Trinajstić information content (AvgIpc) is 2.59. The largest absolute Gasteiger partial charge is 0.433 e. The molecule has 0 saturated heterocycles. The zero-order chi connectivity index (χ0) is 13.1. The first-order valence-corrected chi connectivity index (χ1v) is 5.16. The van der Waals surface area contributed by atoms with Crippen LogP contribution in [0.4, 0.5) is 26.0 Å². The molecule has 1 aromatic heterocycles. The lowest BCUT2D eigenvalue weighted by Crippen LogP contribution is -2.05. The normalized spacial score (nSPS) is 10.7. The van der Waals surface area contributed by atoms with Crippen molar-refractivity contribution in [2.75, 3.05) is 11.1 Å². The zero-order valence-electron chi connectivity index (χ0n) is 9.60. The molecule has 0 saturated carbocycles. The molecule has 7 heteroatoms. The number of nitrogens with two attached hydrogens (primary N) is 1. The Morgan fingerprint density at radius 2 is 2.11 bits per heavy atom. The Kier molecular flexibility index (Phi) is 3.31. The van der Waals surface area contributed by atoms with Crippen molar-refractivity contribution in [3.8, 4) is 5.75 Å². The number of anilines is 3. The van der Waals surface area contributed by atoms with Crippen molar-refractivity contribution in [3.05, 3.63) is 30.5 Å². The van der Waals surface area contributed by atoms with Crippen LogP contribution in [-0.4, -0.2) is 16.4 Å². The standard InChI is InChI=1S/C11H12F2N4O/c1-17-6-7(14)10(16-17)15-8-4-2-3-5-9(8)18-11(12)13/h2-6,11H,14H2,1H3,(H,15,16). The number of hydrogen-bond donors (Lipinski definition) is 2. The molecule has 2 aromatic rings. The van der Waals surface area contributed by atoms with Gasteiger partial charge in [0.1, 0.15) is 5.75 Å². The van der Waals surface area contributed by atoms with E-state index < -0.39 is 6.61 Å². The van der Waals surface area contributed by atoms with Gasteiger partial charge in [-0.2, -0.15) is 13.9 Å². The van der Waals surface area contributed by atoms with E-state index in [9.17, 15) is 8.78 Å². The van der Waals surface area contributed by atoms with Crippen LogP contribution in [0.2, 0.25) is 0 Å². The van der Waals surface area contributed by atoms with Gasteiger partial charge in [0.2, 0.25) is 0 Å². The van der Waals surface area contributed by atoms with E-state index in [0.717, 1.165) is 0 Å². The van der Waals surface area contributed by atoms with Crippen molar-refractivity contribution in [2.45, 2.75) is 6.61 Å². The number of ether oxygens (including phenoxy) is 1.